The van der Waals surface area contributed by atoms with Crippen molar-refractivity contribution in [3.63, 3.8) is 0 Å². The Kier molecular flexibility index (Phi) is 4.92. The van der Waals surface area contributed by atoms with Gasteiger partial charge >= 0.3 is 0 Å². The minimum absolute atomic E-state index is 0.149. The first-order valence-electron chi connectivity index (χ1n) is 7.73. The van der Waals surface area contributed by atoms with Crippen LogP contribution in [0.25, 0.3) is 21.3 Å². The lowest BCUT2D eigenvalue weighted by molar-refractivity contribution is 0.819. The van der Waals surface area contributed by atoms with Crippen LogP contribution in [0.3, 0.4) is 0 Å². The van der Waals surface area contributed by atoms with Crippen molar-refractivity contribution in [3.8, 4) is 11.1 Å². The third-order valence-electron chi connectivity index (χ3n) is 3.61. The predicted octanol–water partition coefficient (Wildman–Crippen LogP) is 3.26. The fourth-order valence-corrected chi connectivity index (χ4v) is 3.73. The van der Waals surface area contributed by atoms with Crippen LogP contribution in [0.2, 0.25) is 0 Å². The Morgan fingerprint density at radius 2 is 2.08 bits per heavy atom. The number of nitrogens with zero attached hydrogens (tertiary/aromatic N) is 2. The number of nitrogens with one attached hydrogen (secondary N) is 2. The molecule has 24 heavy (non-hydrogen) atoms. The number of fused-ring (bicyclic) bond motifs is 1. The quantitative estimate of drug-likeness (QED) is 0.701. The molecule has 2 N–H and O–H groups in total. The molecule has 7 heteroatoms. The van der Waals surface area contributed by atoms with E-state index in [0.29, 0.717) is 10.5 Å². The lowest BCUT2D eigenvalue weighted by Gasteiger charge is -2.11. The lowest BCUT2D eigenvalue weighted by Crippen LogP contribution is -2.39. The second kappa shape index (κ2) is 7.11. The second-order valence-corrected chi connectivity index (χ2v) is 6.98. The number of aryl methyl sites for hydroxylation is 1. The van der Waals surface area contributed by atoms with Gasteiger partial charge in [-0.15, -0.1) is 11.3 Å². The zero-order chi connectivity index (χ0) is 17.1. The summed E-state index contributed by atoms with van der Waals surface area (Å²) in [4.78, 5) is 19.2. The monoisotopic (exact) mass is 358 g/mol. The molecular weight excluding hydrogens is 340 g/mol. The van der Waals surface area contributed by atoms with Gasteiger partial charge in [0.25, 0.3) is 5.56 Å². The van der Waals surface area contributed by atoms with Gasteiger partial charge in [-0.05, 0) is 31.1 Å². The SMILES string of the molecule is CCCNC(=S)Nn1cnc2sc(C)c(-c3ccccc3)c2c1=O. The molecule has 0 saturated carbocycles. The molecule has 0 bridgehead atoms. The Morgan fingerprint density at radius 1 is 1.33 bits per heavy atom. The standard InChI is InChI=1S/C17H18N4OS2/c1-3-9-18-17(23)20-21-10-19-15-14(16(21)22)13(11(2)24-15)12-7-5-4-6-8-12/h4-8,10H,3,9H2,1-2H3,(H2,18,20,23). The highest BCUT2D eigenvalue weighted by Crippen LogP contribution is 2.35. The molecule has 124 valence electrons. The van der Waals surface area contributed by atoms with Gasteiger partial charge in [0.05, 0.1) is 5.39 Å². The number of aromatic nitrogens is 2. The zero-order valence-electron chi connectivity index (χ0n) is 13.5. The third-order valence-corrected chi connectivity index (χ3v) is 4.86. The average Bonchev–Trinajstić information content (AvgIpc) is 2.93. The molecule has 2 heterocycles. The van der Waals surface area contributed by atoms with Crippen LogP contribution < -0.4 is 16.3 Å². The Labute approximate surface area is 149 Å². The summed E-state index contributed by atoms with van der Waals surface area (Å²) in [5.74, 6) is 0. The van der Waals surface area contributed by atoms with Crippen molar-refractivity contribution in [2.45, 2.75) is 20.3 Å². The highest BCUT2D eigenvalue weighted by atomic mass is 32.1. The fourth-order valence-electron chi connectivity index (χ4n) is 2.52. The molecule has 0 fully saturated rings. The maximum Gasteiger partial charge on any atom is 0.281 e. The molecule has 2 aromatic heterocycles. The fraction of sp³-hybridized carbons (Fsp3) is 0.235. The molecule has 0 aliphatic carbocycles. The van der Waals surface area contributed by atoms with Crippen LogP contribution in [0.5, 0.6) is 0 Å². The van der Waals surface area contributed by atoms with Gasteiger partial charge in [-0.1, -0.05) is 37.3 Å². The average molecular weight is 358 g/mol. The summed E-state index contributed by atoms with van der Waals surface area (Å²) in [5.41, 5.74) is 4.70. The first kappa shape index (κ1) is 16.6. The summed E-state index contributed by atoms with van der Waals surface area (Å²) >= 11 is 6.74. The van der Waals surface area contributed by atoms with Crippen molar-refractivity contribution in [2.75, 3.05) is 12.0 Å². The van der Waals surface area contributed by atoms with Gasteiger partial charge in [-0.3, -0.25) is 10.2 Å². The van der Waals surface area contributed by atoms with Crippen LogP contribution in [0, 0.1) is 6.92 Å². The van der Waals surface area contributed by atoms with E-state index in [2.05, 4.69) is 22.7 Å². The van der Waals surface area contributed by atoms with Crippen molar-refractivity contribution in [2.24, 2.45) is 0 Å². The molecule has 3 rings (SSSR count). The van der Waals surface area contributed by atoms with Crippen molar-refractivity contribution in [1.82, 2.24) is 15.0 Å². The molecular formula is C17H18N4OS2. The molecule has 5 nitrogen and oxygen atoms in total. The van der Waals surface area contributed by atoms with Gasteiger partial charge in [-0.25, -0.2) is 9.66 Å². The molecule has 0 atom stereocenters. The van der Waals surface area contributed by atoms with E-state index >= 15 is 0 Å². The zero-order valence-corrected chi connectivity index (χ0v) is 15.1. The Bertz CT molecular complexity index is 931. The van der Waals surface area contributed by atoms with Crippen LogP contribution in [0.4, 0.5) is 0 Å². The van der Waals surface area contributed by atoms with Crippen molar-refractivity contribution >= 4 is 38.9 Å². The summed E-state index contributed by atoms with van der Waals surface area (Å²) in [7, 11) is 0. The van der Waals surface area contributed by atoms with Gasteiger partial charge in [0.1, 0.15) is 11.2 Å². The number of hydrogen-bond acceptors (Lipinski definition) is 4. The minimum Gasteiger partial charge on any atom is -0.361 e. The van der Waals surface area contributed by atoms with Crippen LogP contribution >= 0.6 is 23.6 Å². The Balaban J connectivity index is 2.08. The summed E-state index contributed by atoms with van der Waals surface area (Å²) < 4.78 is 1.34. The van der Waals surface area contributed by atoms with Crippen molar-refractivity contribution < 1.29 is 0 Å². The Morgan fingerprint density at radius 3 is 2.79 bits per heavy atom. The van der Waals surface area contributed by atoms with E-state index in [9.17, 15) is 4.79 Å². The maximum absolute atomic E-state index is 12.9. The molecule has 0 amide bonds. The molecule has 0 aliphatic heterocycles. The molecule has 0 spiro atoms. The molecule has 3 aromatic rings. The highest BCUT2D eigenvalue weighted by molar-refractivity contribution is 7.80. The van der Waals surface area contributed by atoms with Crippen LogP contribution in [0.1, 0.15) is 18.2 Å². The summed E-state index contributed by atoms with van der Waals surface area (Å²) in [6.45, 7) is 4.82. The summed E-state index contributed by atoms with van der Waals surface area (Å²) in [6, 6.07) is 9.91. The van der Waals surface area contributed by atoms with Gasteiger partial charge in [-0.2, -0.15) is 0 Å². The van der Waals surface area contributed by atoms with E-state index in [0.717, 1.165) is 33.8 Å². The molecule has 0 saturated heterocycles. The molecule has 0 unspecified atom stereocenters. The summed E-state index contributed by atoms with van der Waals surface area (Å²) in [6.07, 6.45) is 2.44. The predicted molar refractivity (Wildman–Crippen MR) is 104 cm³/mol. The largest absolute Gasteiger partial charge is 0.361 e. The van der Waals surface area contributed by atoms with E-state index in [1.54, 1.807) is 0 Å². The normalized spacial score (nSPS) is 10.8. The molecule has 0 aliphatic rings. The van der Waals surface area contributed by atoms with Crippen LogP contribution in [0.15, 0.2) is 41.5 Å². The molecule has 0 radical (unpaired) electrons. The summed E-state index contributed by atoms with van der Waals surface area (Å²) in [5, 5.41) is 4.08. The number of rotatable bonds is 4. The Hall–Kier alpha value is -2.25. The highest BCUT2D eigenvalue weighted by Gasteiger charge is 2.17. The smallest absolute Gasteiger partial charge is 0.281 e. The van der Waals surface area contributed by atoms with Crippen LogP contribution in [-0.2, 0) is 0 Å². The minimum atomic E-state index is -0.149. The van der Waals surface area contributed by atoms with E-state index in [1.807, 2.05) is 37.3 Å². The number of benzene rings is 1. The number of hydrogen-bond donors (Lipinski definition) is 2. The number of thiophene rings is 1. The van der Waals surface area contributed by atoms with Gasteiger partial charge in [0.2, 0.25) is 0 Å². The van der Waals surface area contributed by atoms with E-state index < -0.39 is 0 Å². The third kappa shape index (κ3) is 3.18. The molecule has 1 aromatic carbocycles. The van der Waals surface area contributed by atoms with Crippen molar-refractivity contribution in [1.29, 1.82) is 0 Å². The van der Waals surface area contributed by atoms with E-state index in [4.69, 9.17) is 12.2 Å². The van der Waals surface area contributed by atoms with E-state index in [-0.39, 0.29) is 5.56 Å². The lowest BCUT2D eigenvalue weighted by atomic mass is 10.0. The first-order chi connectivity index (χ1) is 11.6. The van der Waals surface area contributed by atoms with Gasteiger partial charge in [0.15, 0.2) is 5.11 Å². The van der Waals surface area contributed by atoms with Crippen molar-refractivity contribution in [3.05, 3.63) is 51.9 Å². The maximum atomic E-state index is 12.9. The topological polar surface area (TPSA) is 58.9 Å². The van der Waals surface area contributed by atoms with Gasteiger partial charge in [0, 0.05) is 17.0 Å². The second-order valence-electron chi connectivity index (χ2n) is 5.37. The van der Waals surface area contributed by atoms with Crippen LogP contribution in [-0.4, -0.2) is 21.3 Å². The van der Waals surface area contributed by atoms with E-state index in [1.165, 1.54) is 22.3 Å². The first-order valence-corrected chi connectivity index (χ1v) is 8.95. The number of thiocarbonyl (C=S) groups is 1. The van der Waals surface area contributed by atoms with Gasteiger partial charge < -0.3 is 5.32 Å².